The van der Waals surface area contributed by atoms with Gasteiger partial charge in [-0.3, -0.25) is 4.79 Å². The molecule has 0 aromatic heterocycles. The van der Waals surface area contributed by atoms with E-state index < -0.39 is 0 Å². The smallest absolute Gasteiger partial charge is 0.244 e. The topological polar surface area (TPSA) is 38.3 Å². The van der Waals surface area contributed by atoms with E-state index in [1.165, 1.54) is 11.6 Å². The second-order valence-corrected chi connectivity index (χ2v) is 6.02. The van der Waals surface area contributed by atoms with Crippen molar-refractivity contribution in [2.45, 2.75) is 19.4 Å². The molecule has 0 aliphatic carbocycles. The molecular formula is C19H18ClNO2. The van der Waals surface area contributed by atoms with Crippen molar-refractivity contribution in [2.75, 3.05) is 6.61 Å². The summed E-state index contributed by atoms with van der Waals surface area (Å²) in [5, 5.41) is 3.66. The number of hydrogen-bond donors (Lipinski definition) is 1. The second kappa shape index (κ2) is 6.88. The maximum Gasteiger partial charge on any atom is 0.244 e. The first-order valence-corrected chi connectivity index (χ1v) is 7.99. The molecule has 3 nitrogen and oxygen atoms in total. The van der Waals surface area contributed by atoms with Crippen LogP contribution in [0.3, 0.4) is 0 Å². The van der Waals surface area contributed by atoms with Crippen molar-refractivity contribution in [1.29, 1.82) is 0 Å². The zero-order valence-electron chi connectivity index (χ0n) is 12.9. The first-order chi connectivity index (χ1) is 11.1. The van der Waals surface area contributed by atoms with Crippen molar-refractivity contribution in [3.05, 3.63) is 70.3 Å². The molecule has 23 heavy (non-hydrogen) atoms. The summed E-state index contributed by atoms with van der Waals surface area (Å²) < 4.78 is 5.50. The number of rotatable bonds is 4. The molecule has 0 fully saturated rings. The third kappa shape index (κ3) is 3.93. The maximum absolute atomic E-state index is 12.1. The van der Waals surface area contributed by atoms with Gasteiger partial charge in [0.15, 0.2) is 0 Å². The van der Waals surface area contributed by atoms with E-state index in [9.17, 15) is 4.79 Å². The van der Waals surface area contributed by atoms with Crippen LogP contribution >= 0.6 is 11.6 Å². The van der Waals surface area contributed by atoms with Crippen LogP contribution in [0.5, 0.6) is 5.75 Å². The number of fused-ring (bicyclic) bond motifs is 1. The third-order valence-electron chi connectivity index (χ3n) is 3.87. The summed E-state index contributed by atoms with van der Waals surface area (Å²) >= 11 is 5.84. The standard InChI is InChI=1S/C19H18ClNO2/c1-13(15-5-8-18-16(12-15)10-11-23-18)21-19(22)9-4-14-2-6-17(20)7-3-14/h2-9,12-13H,10-11H2,1H3,(H,21,22)/b9-4+. The van der Waals surface area contributed by atoms with Gasteiger partial charge in [0.1, 0.15) is 5.75 Å². The third-order valence-corrected chi connectivity index (χ3v) is 4.12. The normalized spacial score (nSPS) is 14.3. The van der Waals surface area contributed by atoms with Crippen LogP contribution < -0.4 is 10.1 Å². The van der Waals surface area contributed by atoms with E-state index in [2.05, 4.69) is 11.4 Å². The molecule has 2 aromatic carbocycles. The fourth-order valence-electron chi connectivity index (χ4n) is 2.57. The fraction of sp³-hybridized carbons (Fsp3) is 0.211. The Morgan fingerprint density at radius 3 is 2.83 bits per heavy atom. The van der Waals surface area contributed by atoms with Crippen molar-refractivity contribution in [2.24, 2.45) is 0 Å². The van der Waals surface area contributed by atoms with Crippen molar-refractivity contribution in [3.63, 3.8) is 0 Å². The molecule has 0 saturated heterocycles. The molecule has 1 N–H and O–H groups in total. The van der Waals surface area contributed by atoms with Crippen LogP contribution in [0.2, 0.25) is 5.02 Å². The van der Waals surface area contributed by atoms with E-state index in [0.29, 0.717) is 5.02 Å². The predicted molar refractivity (Wildman–Crippen MR) is 92.7 cm³/mol. The second-order valence-electron chi connectivity index (χ2n) is 5.58. The van der Waals surface area contributed by atoms with Gasteiger partial charge in [0.25, 0.3) is 0 Å². The molecule has 0 radical (unpaired) electrons. The SMILES string of the molecule is CC(NC(=O)/C=C/c1ccc(Cl)cc1)c1ccc2c(c1)CCO2. The van der Waals surface area contributed by atoms with E-state index >= 15 is 0 Å². The quantitative estimate of drug-likeness (QED) is 0.856. The number of carbonyl (C=O) groups is 1. The summed E-state index contributed by atoms with van der Waals surface area (Å²) in [6, 6.07) is 13.4. The van der Waals surface area contributed by atoms with Crippen molar-refractivity contribution < 1.29 is 9.53 Å². The fourth-order valence-corrected chi connectivity index (χ4v) is 2.69. The Hall–Kier alpha value is -2.26. The highest BCUT2D eigenvalue weighted by Gasteiger charge is 2.15. The van der Waals surface area contributed by atoms with Crippen LogP contribution in [0.15, 0.2) is 48.5 Å². The van der Waals surface area contributed by atoms with E-state index in [-0.39, 0.29) is 11.9 Å². The van der Waals surface area contributed by atoms with Crippen molar-refractivity contribution >= 4 is 23.6 Å². The highest BCUT2D eigenvalue weighted by molar-refractivity contribution is 6.30. The number of ether oxygens (including phenoxy) is 1. The number of hydrogen-bond acceptors (Lipinski definition) is 2. The lowest BCUT2D eigenvalue weighted by Gasteiger charge is -2.14. The van der Waals surface area contributed by atoms with Gasteiger partial charge in [-0.1, -0.05) is 29.8 Å². The molecule has 1 aliphatic rings. The minimum Gasteiger partial charge on any atom is -0.493 e. The number of benzene rings is 2. The van der Waals surface area contributed by atoms with Crippen LogP contribution in [0.4, 0.5) is 0 Å². The summed E-state index contributed by atoms with van der Waals surface area (Å²) in [4.78, 5) is 12.1. The monoisotopic (exact) mass is 327 g/mol. The Morgan fingerprint density at radius 2 is 2.04 bits per heavy atom. The highest BCUT2D eigenvalue weighted by Crippen LogP contribution is 2.28. The number of nitrogens with one attached hydrogen (secondary N) is 1. The average molecular weight is 328 g/mol. The molecule has 2 aromatic rings. The van der Waals surface area contributed by atoms with Gasteiger partial charge >= 0.3 is 0 Å². The van der Waals surface area contributed by atoms with Crippen molar-refractivity contribution in [3.8, 4) is 5.75 Å². The lowest BCUT2D eigenvalue weighted by Crippen LogP contribution is -2.24. The van der Waals surface area contributed by atoms with Gasteiger partial charge in [0.05, 0.1) is 12.6 Å². The Bertz CT molecular complexity index is 738. The zero-order valence-corrected chi connectivity index (χ0v) is 13.6. The van der Waals surface area contributed by atoms with Crippen molar-refractivity contribution in [1.82, 2.24) is 5.32 Å². The van der Waals surface area contributed by atoms with Gasteiger partial charge in [0, 0.05) is 17.5 Å². The number of amides is 1. The van der Waals surface area contributed by atoms with Gasteiger partial charge in [-0.2, -0.15) is 0 Å². The molecule has 1 aliphatic heterocycles. The van der Waals surface area contributed by atoms with E-state index in [0.717, 1.165) is 29.9 Å². The molecule has 0 saturated carbocycles. The van der Waals surface area contributed by atoms with Crippen LogP contribution in [0.1, 0.15) is 29.7 Å². The number of carbonyl (C=O) groups excluding carboxylic acids is 1. The minimum atomic E-state index is -0.121. The highest BCUT2D eigenvalue weighted by atomic mass is 35.5. The summed E-state index contributed by atoms with van der Waals surface area (Å²) in [6.45, 7) is 2.72. The maximum atomic E-state index is 12.1. The lowest BCUT2D eigenvalue weighted by atomic mass is 10.0. The van der Waals surface area contributed by atoms with Crippen LogP contribution in [-0.4, -0.2) is 12.5 Å². The predicted octanol–water partition coefficient (Wildman–Crippen LogP) is 4.17. The van der Waals surface area contributed by atoms with Gasteiger partial charge < -0.3 is 10.1 Å². The van der Waals surface area contributed by atoms with Gasteiger partial charge in [0.2, 0.25) is 5.91 Å². The molecular weight excluding hydrogens is 310 g/mol. The zero-order chi connectivity index (χ0) is 16.2. The Morgan fingerprint density at radius 1 is 1.26 bits per heavy atom. The minimum absolute atomic E-state index is 0.0525. The molecule has 118 valence electrons. The van der Waals surface area contributed by atoms with E-state index in [1.54, 1.807) is 18.2 Å². The number of halogens is 1. The van der Waals surface area contributed by atoms with Crippen LogP contribution in [-0.2, 0) is 11.2 Å². The first-order valence-electron chi connectivity index (χ1n) is 7.61. The Labute approximate surface area is 140 Å². The van der Waals surface area contributed by atoms with Crippen LogP contribution in [0.25, 0.3) is 6.08 Å². The summed E-state index contributed by atoms with van der Waals surface area (Å²) in [5.41, 5.74) is 3.23. The van der Waals surface area contributed by atoms with Gasteiger partial charge in [-0.15, -0.1) is 0 Å². The average Bonchev–Trinajstić information content (AvgIpc) is 3.02. The molecule has 4 heteroatoms. The molecule has 3 rings (SSSR count). The molecule has 1 amide bonds. The Balaban J connectivity index is 1.62. The molecule has 0 spiro atoms. The molecule has 1 atom stereocenters. The van der Waals surface area contributed by atoms with Gasteiger partial charge in [-0.05, 0) is 54.0 Å². The van der Waals surface area contributed by atoms with Gasteiger partial charge in [-0.25, -0.2) is 0 Å². The molecule has 1 unspecified atom stereocenters. The van der Waals surface area contributed by atoms with E-state index in [4.69, 9.17) is 16.3 Å². The Kier molecular flexibility index (Phi) is 4.68. The van der Waals surface area contributed by atoms with Crippen LogP contribution in [0, 0.1) is 0 Å². The lowest BCUT2D eigenvalue weighted by molar-refractivity contribution is -0.117. The summed E-state index contributed by atoms with van der Waals surface area (Å²) in [7, 11) is 0. The largest absolute Gasteiger partial charge is 0.493 e. The summed E-state index contributed by atoms with van der Waals surface area (Å²) in [5.74, 6) is 0.833. The molecule has 0 bridgehead atoms. The summed E-state index contributed by atoms with van der Waals surface area (Å²) in [6.07, 6.45) is 4.24. The molecule has 1 heterocycles. The first kappa shape index (κ1) is 15.6. The van der Waals surface area contributed by atoms with E-state index in [1.807, 2.05) is 31.2 Å².